The van der Waals surface area contributed by atoms with E-state index in [1.807, 2.05) is 24.3 Å². The topological polar surface area (TPSA) is 94.3 Å². The van der Waals surface area contributed by atoms with Gasteiger partial charge in [-0.25, -0.2) is 13.6 Å². The highest BCUT2D eigenvalue weighted by atomic mass is 19.1. The van der Waals surface area contributed by atoms with Gasteiger partial charge in [0, 0.05) is 23.5 Å². The number of hydrogen-bond acceptors (Lipinski definition) is 3. The van der Waals surface area contributed by atoms with Gasteiger partial charge in [0.2, 0.25) is 5.91 Å². The summed E-state index contributed by atoms with van der Waals surface area (Å²) >= 11 is 0. The number of carbonyl (C=O) groups is 3. The van der Waals surface area contributed by atoms with E-state index in [0.29, 0.717) is 0 Å². The van der Waals surface area contributed by atoms with Gasteiger partial charge in [0.15, 0.2) is 0 Å². The summed E-state index contributed by atoms with van der Waals surface area (Å²) in [6.07, 6.45) is 2.01. The van der Waals surface area contributed by atoms with Gasteiger partial charge in [-0.3, -0.25) is 14.5 Å². The summed E-state index contributed by atoms with van der Waals surface area (Å²) in [4.78, 5) is 40.7. The van der Waals surface area contributed by atoms with Crippen LogP contribution in [0.5, 0.6) is 0 Å². The van der Waals surface area contributed by atoms with Crippen molar-refractivity contribution in [1.29, 1.82) is 0 Å². The summed E-state index contributed by atoms with van der Waals surface area (Å²) in [7, 11) is 0. The molecular weight excluding hydrogens is 382 g/mol. The number of amides is 4. The van der Waals surface area contributed by atoms with Crippen molar-refractivity contribution in [2.24, 2.45) is 0 Å². The molecule has 4 amide bonds. The molecule has 29 heavy (non-hydrogen) atoms. The summed E-state index contributed by atoms with van der Waals surface area (Å²) < 4.78 is 27.3. The molecule has 0 aliphatic carbocycles. The van der Waals surface area contributed by atoms with Gasteiger partial charge in [-0.1, -0.05) is 24.3 Å². The van der Waals surface area contributed by atoms with E-state index in [1.54, 1.807) is 6.20 Å². The van der Waals surface area contributed by atoms with Gasteiger partial charge in [-0.05, 0) is 23.8 Å². The molecule has 1 saturated heterocycles. The predicted molar refractivity (Wildman–Crippen MR) is 101 cm³/mol. The second-order valence-corrected chi connectivity index (χ2v) is 6.63. The Morgan fingerprint density at radius 2 is 1.79 bits per heavy atom. The Bertz CT molecular complexity index is 1110. The van der Waals surface area contributed by atoms with Crippen LogP contribution in [0, 0.1) is 11.6 Å². The fraction of sp³-hybridized carbons (Fsp3) is 0.150. The van der Waals surface area contributed by atoms with Crippen LogP contribution in [0.15, 0.2) is 48.7 Å². The number of hydrogen-bond donors (Lipinski definition) is 3. The smallest absolute Gasteiger partial charge is 0.325 e. The first-order valence-electron chi connectivity index (χ1n) is 8.85. The standard InChI is InChI=1S/C20H16F2N4O3/c21-13-5-3-6-14(22)18(13)25-17(27)10-26-19(28)16(24-20(26)29)8-11-9-23-15-7-2-1-4-12(11)15/h1-7,9,16,23H,8,10H2,(H,24,29)(H,25,27)/t16-/m1/s1. The van der Waals surface area contributed by atoms with E-state index >= 15 is 0 Å². The first-order chi connectivity index (χ1) is 13.9. The van der Waals surface area contributed by atoms with Crippen molar-refractivity contribution in [3.63, 3.8) is 0 Å². The molecule has 0 bridgehead atoms. The first-order valence-corrected chi connectivity index (χ1v) is 8.85. The summed E-state index contributed by atoms with van der Waals surface area (Å²) in [5.41, 5.74) is 1.13. The third-order valence-corrected chi connectivity index (χ3v) is 4.73. The van der Waals surface area contributed by atoms with Gasteiger partial charge in [0.05, 0.1) is 0 Å². The number of H-pyrrole nitrogens is 1. The number of anilines is 1. The highest BCUT2D eigenvalue weighted by Crippen LogP contribution is 2.22. The third-order valence-electron chi connectivity index (χ3n) is 4.73. The van der Waals surface area contributed by atoms with Crippen molar-refractivity contribution < 1.29 is 23.2 Å². The highest BCUT2D eigenvalue weighted by molar-refractivity contribution is 6.08. The van der Waals surface area contributed by atoms with Crippen molar-refractivity contribution in [1.82, 2.24) is 15.2 Å². The van der Waals surface area contributed by atoms with E-state index in [4.69, 9.17) is 0 Å². The van der Waals surface area contributed by atoms with E-state index in [9.17, 15) is 23.2 Å². The van der Waals surface area contributed by atoms with Crippen LogP contribution in [0.3, 0.4) is 0 Å². The molecule has 0 radical (unpaired) electrons. The SMILES string of the molecule is O=C(CN1C(=O)N[C@H](Cc2c[nH]c3ccccc23)C1=O)Nc1c(F)cccc1F. The normalized spacial score (nSPS) is 16.3. The van der Waals surface area contributed by atoms with Crippen molar-refractivity contribution in [2.45, 2.75) is 12.5 Å². The van der Waals surface area contributed by atoms with Crippen LogP contribution < -0.4 is 10.6 Å². The summed E-state index contributed by atoms with van der Waals surface area (Å²) in [5, 5.41) is 5.54. The zero-order valence-electron chi connectivity index (χ0n) is 15.0. The molecule has 2 aromatic carbocycles. The molecule has 1 fully saturated rings. The maximum absolute atomic E-state index is 13.7. The predicted octanol–water partition coefficient (Wildman–Crippen LogP) is 2.55. The molecular formula is C20H16F2N4O3. The minimum atomic E-state index is -0.951. The number of carbonyl (C=O) groups excluding carboxylic acids is 3. The van der Waals surface area contributed by atoms with Gasteiger partial charge in [-0.15, -0.1) is 0 Å². The van der Waals surface area contributed by atoms with Gasteiger partial charge in [0.1, 0.15) is 29.9 Å². The molecule has 0 spiro atoms. The van der Waals surface area contributed by atoms with Crippen LogP contribution in [0.1, 0.15) is 5.56 Å². The molecule has 0 saturated carbocycles. The number of nitrogens with one attached hydrogen (secondary N) is 3. The van der Waals surface area contributed by atoms with Crippen molar-refractivity contribution in [3.8, 4) is 0 Å². The van der Waals surface area contributed by atoms with Gasteiger partial charge < -0.3 is 15.6 Å². The Morgan fingerprint density at radius 1 is 1.07 bits per heavy atom. The Balaban J connectivity index is 1.45. The van der Waals surface area contributed by atoms with E-state index in [2.05, 4.69) is 15.6 Å². The maximum atomic E-state index is 13.7. The van der Waals surface area contributed by atoms with Crippen LogP contribution >= 0.6 is 0 Å². The summed E-state index contributed by atoms with van der Waals surface area (Å²) in [5.74, 6) is -3.37. The molecule has 9 heteroatoms. The molecule has 2 heterocycles. The summed E-state index contributed by atoms with van der Waals surface area (Å²) in [6.45, 7) is -0.650. The fourth-order valence-electron chi connectivity index (χ4n) is 3.33. The lowest BCUT2D eigenvalue weighted by Crippen LogP contribution is -2.38. The largest absolute Gasteiger partial charge is 0.361 e. The molecule has 4 rings (SSSR count). The Morgan fingerprint density at radius 3 is 2.55 bits per heavy atom. The first kappa shape index (κ1) is 18.6. The van der Waals surface area contributed by atoms with Crippen LogP contribution in [0.4, 0.5) is 19.3 Å². The number of rotatable bonds is 5. The number of nitrogens with zero attached hydrogens (tertiary/aromatic N) is 1. The minimum Gasteiger partial charge on any atom is -0.361 e. The van der Waals surface area contributed by atoms with Gasteiger partial charge in [-0.2, -0.15) is 0 Å². The van der Waals surface area contributed by atoms with Crippen LogP contribution in [-0.4, -0.2) is 40.3 Å². The number of para-hydroxylation sites is 2. The average molecular weight is 398 g/mol. The molecule has 0 unspecified atom stereocenters. The zero-order chi connectivity index (χ0) is 20.5. The number of aromatic nitrogens is 1. The number of halogens is 2. The van der Waals surface area contributed by atoms with Crippen molar-refractivity contribution in [2.75, 3.05) is 11.9 Å². The number of fused-ring (bicyclic) bond motifs is 1. The summed E-state index contributed by atoms with van der Waals surface area (Å²) in [6, 6.07) is 9.11. The average Bonchev–Trinajstić information content (AvgIpc) is 3.21. The lowest BCUT2D eigenvalue weighted by Gasteiger charge is -2.13. The van der Waals surface area contributed by atoms with Crippen LogP contribution in [-0.2, 0) is 16.0 Å². The van der Waals surface area contributed by atoms with Gasteiger partial charge in [0.25, 0.3) is 5.91 Å². The molecule has 3 N–H and O–H groups in total. The fourth-order valence-corrected chi connectivity index (χ4v) is 3.33. The van der Waals surface area contributed by atoms with Gasteiger partial charge >= 0.3 is 6.03 Å². The Kier molecular flexibility index (Phi) is 4.71. The lowest BCUT2D eigenvalue weighted by atomic mass is 10.1. The Labute approximate surface area is 163 Å². The Hall–Kier alpha value is -3.75. The van der Waals surface area contributed by atoms with E-state index in [1.165, 1.54) is 0 Å². The lowest BCUT2D eigenvalue weighted by molar-refractivity contribution is -0.130. The van der Waals surface area contributed by atoms with E-state index < -0.39 is 47.8 Å². The zero-order valence-corrected chi connectivity index (χ0v) is 15.0. The molecule has 7 nitrogen and oxygen atoms in total. The number of aromatic amines is 1. The molecule has 1 aliphatic rings. The number of imide groups is 1. The van der Waals surface area contributed by atoms with Crippen molar-refractivity contribution >= 4 is 34.4 Å². The minimum absolute atomic E-state index is 0.245. The molecule has 3 aromatic rings. The van der Waals surface area contributed by atoms with E-state index in [0.717, 1.165) is 39.6 Å². The second kappa shape index (κ2) is 7.34. The number of benzene rings is 2. The highest BCUT2D eigenvalue weighted by Gasteiger charge is 2.39. The van der Waals surface area contributed by atoms with Crippen LogP contribution in [0.2, 0.25) is 0 Å². The third kappa shape index (κ3) is 3.54. The molecule has 1 aliphatic heterocycles. The molecule has 1 atom stereocenters. The maximum Gasteiger partial charge on any atom is 0.325 e. The number of urea groups is 1. The molecule has 148 valence electrons. The van der Waals surface area contributed by atoms with Crippen molar-refractivity contribution in [3.05, 3.63) is 65.9 Å². The van der Waals surface area contributed by atoms with E-state index in [-0.39, 0.29) is 6.42 Å². The molecule has 1 aromatic heterocycles. The monoisotopic (exact) mass is 398 g/mol. The second-order valence-electron chi connectivity index (χ2n) is 6.63. The quantitative estimate of drug-likeness (QED) is 0.577. The van der Waals surface area contributed by atoms with Crippen LogP contribution in [0.25, 0.3) is 10.9 Å².